The van der Waals surface area contributed by atoms with Gasteiger partial charge in [-0.2, -0.15) is 0 Å². The summed E-state index contributed by atoms with van der Waals surface area (Å²) in [5.41, 5.74) is 5.41. The summed E-state index contributed by atoms with van der Waals surface area (Å²) in [7, 11) is 0. The predicted molar refractivity (Wildman–Crippen MR) is 123 cm³/mol. The smallest absolute Gasteiger partial charge is 0.550 e. The Morgan fingerprint density at radius 2 is 1.62 bits per heavy atom. The number of ether oxygens (including phenoxy) is 1. The number of nitrogens with two attached hydrogens (primary N) is 1. The van der Waals surface area contributed by atoms with Crippen molar-refractivity contribution in [2.45, 2.75) is 86.4 Å². The quantitative estimate of drug-likeness (QED) is 0.168. The minimum Gasteiger partial charge on any atom is -0.550 e. The molecule has 0 spiro atoms. The molecular formula is C24H44KNO8. The molecule has 0 amide bonds. The molecule has 1 saturated heterocycles. The average Bonchev–Trinajstić information content (AvgIpc) is 2.96. The maximum Gasteiger partial charge on any atom is 1.00 e. The number of carboxylic acid groups (broad SMARTS) is 2. The van der Waals surface area contributed by atoms with E-state index in [0.717, 1.165) is 12.8 Å². The van der Waals surface area contributed by atoms with E-state index in [2.05, 4.69) is 32.4 Å². The summed E-state index contributed by atoms with van der Waals surface area (Å²) in [6.45, 7) is 12.7. The topological polar surface area (TPSA) is 167 Å². The first-order valence-corrected chi connectivity index (χ1v) is 11.7. The summed E-state index contributed by atoms with van der Waals surface area (Å²) < 4.78 is 4.59. The van der Waals surface area contributed by atoms with Gasteiger partial charge in [0.05, 0.1) is 6.42 Å². The second kappa shape index (κ2) is 21.9. The van der Waals surface area contributed by atoms with Crippen LogP contribution in [-0.4, -0.2) is 47.2 Å². The minimum absolute atomic E-state index is 0. The zero-order chi connectivity index (χ0) is 26.1. The van der Waals surface area contributed by atoms with E-state index in [-0.39, 0.29) is 87.9 Å². The zero-order valence-electron chi connectivity index (χ0n) is 22.0. The Morgan fingerprint density at radius 1 is 1.09 bits per heavy atom. The van der Waals surface area contributed by atoms with E-state index >= 15 is 0 Å². The third-order valence-electron chi connectivity index (χ3n) is 4.86. The number of aliphatic hydroxyl groups excluding tert-OH is 1. The van der Waals surface area contributed by atoms with E-state index in [0.29, 0.717) is 43.4 Å². The van der Waals surface area contributed by atoms with Gasteiger partial charge in [-0.05, 0) is 55.9 Å². The molecule has 9 nitrogen and oxygen atoms in total. The molecule has 1 aliphatic rings. The van der Waals surface area contributed by atoms with Crippen LogP contribution in [0.2, 0.25) is 0 Å². The van der Waals surface area contributed by atoms with Crippen LogP contribution in [0.1, 0.15) is 80.1 Å². The fraction of sp³-hybridized carbons (Fsp3) is 0.833. The third kappa shape index (κ3) is 23.4. The molecule has 4 N–H and O–H groups in total. The molecule has 1 aliphatic heterocycles. The molecular weight excluding hydrogens is 469 g/mol. The fourth-order valence-electron chi connectivity index (χ4n) is 3.58. The van der Waals surface area contributed by atoms with Gasteiger partial charge in [0.15, 0.2) is 0 Å². The van der Waals surface area contributed by atoms with Gasteiger partial charge in [0.25, 0.3) is 0 Å². The monoisotopic (exact) mass is 513 g/mol. The van der Waals surface area contributed by atoms with Crippen molar-refractivity contribution in [3.63, 3.8) is 0 Å². The largest absolute Gasteiger partial charge is 1.00 e. The van der Waals surface area contributed by atoms with Gasteiger partial charge in [0.2, 0.25) is 6.29 Å². The van der Waals surface area contributed by atoms with Crippen molar-refractivity contribution < 1.29 is 90.6 Å². The van der Waals surface area contributed by atoms with Crippen molar-refractivity contribution in [2.24, 2.45) is 41.2 Å². The molecule has 1 rings (SSSR count). The van der Waals surface area contributed by atoms with Crippen LogP contribution in [-0.2, 0) is 23.9 Å². The van der Waals surface area contributed by atoms with E-state index in [9.17, 15) is 24.3 Å². The summed E-state index contributed by atoms with van der Waals surface area (Å²) in [5, 5.41) is 27.7. The third-order valence-corrected chi connectivity index (χ3v) is 4.86. The van der Waals surface area contributed by atoms with Crippen molar-refractivity contribution in [3.8, 4) is 0 Å². The molecule has 194 valence electrons. The average molecular weight is 514 g/mol. The molecule has 34 heavy (non-hydrogen) atoms. The summed E-state index contributed by atoms with van der Waals surface area (Å²) in [5.74, 6) is -1.00. The van der Waals surface area contributed by atoms with Gasteiger partial charge in [0, 0.05) is 24.2 Å². The van der Waals surface area contributed by atoms with Gasteiger partial charge in [-0.25, -0.2) is 0 Å². The van der Waals surface area contributed by atoms with Crippen LogP contribution in [0, 0.1) is 35.5 Å². The molecule has 4 atom stereocenters. The number of aliphatic carboxylic acids is 2. The van der Waals surface area contributed by atoms with Crippen molar-refractivity contribution in [2.75, 3.05) is 6.54 Å². The molecule has 3 unspecified atom stereocenters. The van der Waals surface area contributed by atoms with Gasteiger partial charge in [0.1, 0.15) is 6.29 Å². The fourth-order valence-corrected chi connectivity index (χ4v) is 3.58. The Morgan fingerprint density at radius 3 is 1.91 bits per heavy atom. The van der Waals surface area contributed by atoms with Crippen molar-refractivity contribution in [3.05, 3.63) is 0 Å². The Balaban J connectivity index is -0.000000418. The van der Waals surface area contributed by atoms with Crippen LogP contribution in [0.3, 0.4) is 0 Å². The first-order chi connectivity index (χ1) is 15.2. The second-order valence-electron chi connectivity index (χ2n) is 9.91. The number of hydrogen-bond acceptors (Lipinski definition) is 8. The summed E-state index contributed by atoms with van der Waals surface area (Å²) in [4.78, 5) is 41.3. The molecule has 0 aliphatic carbocycles. The van der Waals surface area contributed by atoms with Crippen LogP contribution in [0.15, 0.2) is 0 Å². The SMILES string of the molecule is CC(C)CC(C=O)CC(=O)[O-].CC(C)CC1CC(=O)OC1O.CC(C)C[C@H](CN)CC(=O)O.[K+]. The normalized spacial score (nSPS) is 18.6. The Bertz CT molecular complexity index is 583. The number of aldehydes is 1. The second-order valence-corrected chi connectivity index (χ2v) is 9.91. The summed E-state index contributed by atoms with van der Waals surface area (Å²) in [6.07, 6.45) is 2.64. The van der Waals surface area contributed by atoms with Gasteiger partial charge in [-0.15, -0.1) is 0 Å². The summed E-state index contributed by atoms with van der Waals surface area (Å²) >= 11 is 0. The zero-order valence-corrected chi connectivity index (χ0v) is 25.1. The Kier molecular flexibility index (Phi) is 24.6. The van der Waals surface area contributed by atoms with Crippen LogP contribution < -0.4 is 62.2 Å². The number of hydrogen-bond donors (Lipinski definition) is 3. The first-order valence-electron chi connectivity index (χ1n) is 11.7. The molecule has 1 heterocycles. The molecule has 1 fully saturated rings. The van der Waals surface area contributed by atoms with Gasteiger partial charge in [-0.3, -0.25) is 9.59 Å². The standard InChI is InChI=1S/C8H17NO2.2C8H14O3.K/c1-6(2)3-7(5-9)4-8(10)11;1-5(2)3-6-4-7(9)11-8(6)10;1-6(2)3-7(5-9)4-8(10)11;/h6-7H,3-5,9H2,1-2H3,(H,10,11);5-6,8,10H,3-4H2,1-2H3;5-7H,3-4H2,1-2H3,(H,10,11);/q;;;+1/p-1/t7-;;;/m0.../s1. The minimum atomic E-state index is -1.15. The number of carbonyl (C=O) groups is 4. The summed E-state index contributed by atoms with van der Waals surface area (Å²) in [6, 6.07) is 0. The van der Waals surface area contributed by atoms with Gasteiger partial charge >= 0.3 is 63.3 Å². The van der Waals surface area contributed by atoms with E-state index in [1.807, 2.05) is 13.8 Å². The molecule has 0 aromatic rings. The Labute approximate surface area is 247 Å². The van der Waals surface area contributed by atoms with Crippen LogP contribution in [0.4, 0.5) is 0 Å². The van der Waals surface area contributed by atoms with Crippen LogP contribution in [0.25, 0.3) is 0 Å². The maximum absolute atomic E-state index is 10.7. The van der Waals surface area contributed by atoms with E-state index < -0.39 is 18.2 Å². The van der Waals surface area contributed by atoms with E-state index in [1.54, 1.807) is 0 Å². The van der Waals surface area contributed by atoms with Crippen molar-refractivity contribution in [1.29, 1.82) is 0 Å². The Hall–Kier alpha value is -0.364. The van der Waals surface area contributed by atoms with Gasteiger partial charge in [-0.1, -0.05) is 41.5 Å². The molecule has 0 bridgehead atoms. The molecule has 0 aromatic carbocycles. The molecule has 10 heteroatoms. The van der Waals surface area contributed by atoms with E-state index in [4.69, 9.17) is 15.9 Å². The first kappa shape index (κ1) is 38.2. The maximum atomic E-state index is 10.7. The number of rotatable bonds is 12. The number of esters is 1. The van der Waals surface area contributed by atoms with Crippen LogP contribution in [0.5, 0.6) is 0 Å². The molecule has 0 aromatic heterocycles. The van der Waals surface area contributed by atoms with Crippen LogP contribution >= 0.6 is 0 Å². The van der Waals surface area contributed by atoms with Crippen molar-refractivity contribution in [1.82, 2.24) is 0 Å². The van der Waals surface area contributed by atoms with Crippen molar-refractivity contribution >= 4 is 24.2 Å². The van der Waals surface area contributed by atoms with Gasteiger partial charge < -0.3 is 35.4 Å². The van der Waals surface area contributed by atoms with E-state index in [1.165, 1.54) is 0 Å². The number of aliphatic hydroxyl groups is 1. The number of carboxylic acids is 2. The number of carbonyl (C=O) groups excluding carboxylic acids is 3. The predicted octanol–water partition coefficient (Wildman–Crippen LogP) is -1.01. The molecule has 0 radical (unpaired) electrons. The number of cyclic esters (lactones) is 1. The molecule has 0 saturated carbocycles.